The number of aromatic hydroxyl groups is 1. The number of aromatic nitrogens is 1. The Morgan fingerprint density at radius 3 is 2.64 bits per heavy atom. The monoisotopic (exact) mass is 213 g/mol. The summed E-state index contributed by atoms with van der Waals surface area (Å²) >= 11 is 0. The maximum Gasteiger partial charge on any atom is 0.184 e. The minimum absolute atomic E-state index is 0.0113. The van der Waals surface area contributed by atoms with Crippen LogP contribution in [0.4, 0.5) is 0 Å². The second-order valence-corrected chi connectivity index (χ2v) is 5.64. The van der Waals surface area contributed by atoms with Crippen molar-refractivity contribution < 1.29 is 13.5 Å². The number of sulfone groups is 1. The molecule has 0 aliphatic heterocycles. The maximum absolute atomic E-state index is 11.8. The molecule has 76 valence electrons. The van der Waals surface area contributed by atoms with Crippen LogP contribution in [0.2, 0.25) is 0 Å². The highest BCUT2D eigenvalue weighted by Crippen LogP contribution is 2.34. The summed E-state index contributed by atoms with van der Waals surface area (Å²) in [4.78, 5) is 3.66. The van der Waals surface area contributed by atoms with Crippen LogP contribution >= 0.6 is 0 Å². The molecule has 0 saturated heterocycles. The number of hydrogen-bond acceptors (Lipinski definition) is 4. The van der Waals surface area contributed by atoms with Crippen molar-refractivity contribution in [3.63, 3.8) is 0 Å². The Hall–Kier alpha value is -1.10. The van der Waals surface area contributed by atoms with Crippen molar-refractivity contribution in [3.8, 4) is 5.75 Å². The van der Waals surface area contributed by atoms with E-state index in [4.69, 9.17) is 0 Å². The van der Waals surface area contributed by atoms with Gasteiger partial charge in [0, 0.05) is 6.20 Å². The molecule has 1 fully saturated rings. The van der Waals surface area contributed by atoms with Crippen LogP contribution in [0.1, 0.15) is 19.3 Å². The Bertz CT molecular complexity index is 437. The first-order chi connectivity index (χ1) is 6.62. The van der Waals surface area contributed by atoms with Crippen molar-refractivity contribution in [3.05, 3.63) is 18.5 Å². The van der Waals surface area contributed by atoms with E-state index in [1.807, 2.05) is 0 Å². The zero-order valence-corrected chi connectivity index (χ0v) is 8.37. The summed E-state index contributed by atoms with van der Waals surface area (Å²) in [5, 5.41) is 9.06. The molecule has 0 unspecified atom stereocenters. The molecule has 4 nitrogen and oxygen atoms in total. The van der Waals surface area contributed by atoms with Crippen LogP contribution in [0.15, 0.2) is 23.4 Å². The predicted octanol–water partition coefficient (Wildman–Crippen LogP) is 1.11. The molecule has 1 N–H and O–H groups in total. The molecule has 14 heavy (non-hydrogen) atoms. The van der Waals surface area contributed by atoms with E-state index >= 15 is 0 Å². The third kappa shape index (κ3) is 1.37. The fourth-order valence-corrected chi connectivity index (χ4v) is 3.38. The van der Waals surface area contributed by atoms with Gasteiger partial charge in [-0.05, 0) is 18.9 Å². The van der Waals surface area contributed by atoms with Gasteiger partial charge in [-0.2, -0.15) is 0 Å². The Kier molecular flexibility index (Phi) is 2.19. The fourth-order valence-electron chi connectivity index (χ4n) is 1.47. The highest BCUT2D eigenvalue weighted by Gasteiger charge is 2.34. The Morgan fingerprint density at radius 1 is 1.43 bits per heavy atom. The van der Waals surface area contributed by atoms with Crippen LogP contribution < -0.4 is 0 Å². The molecule has 1 aliphatic rings. The zero-order chi connectivity index (χ0) is 10.2. The number of nitrogens with zero attached hydrogens (tertiary/aromatic N) is 1. The van der Waals surface area contributed by atoms with Gasteiger partial charge in [0.25, 0.3) is 0 Å². The molecule has 0 aromatic carbocycles. The van der Waals surface area contributed by atoms with Gasteiger partial charge in [-0.25, -0.2) is 8.42 Å². The normalized spacial score (nSPS) is 17.7. The second kappa shape index (κ2) is 3.24. The van der Waals surface area contributed by atoms with E-state index in [-0.39, 0.29) is 15.9 Å². The van der Waals surface area contributed by atoms with Gasteiger partial charge in [-0.3, -0.25) is 4.98 Å². The van der Waals surface area contributed by atoms with E-state index in [1.165, 1.54) is 12.3 Å². The average molecular weight is 213 g/mol. The molecule has 1 aromatic rings. The van der Waals surface area contributed by atoms with Gasteiger partial charge in [-0.15, -0.1) is 0 Å². The minimum Gasteiger partial charge on any atom is -0.505 e. The van der Waals surface area contributed by atoms with Crippen molar-refractivity contribution in [2.24, 2.45) is 0 Å². The van der Waals surface area contributed by atoms with Crippen LogP contribution in [0.5, 0.6) is 5.75 Å². The summed E-state index contributed by atoms with van der Waals surface area (Å²) in [5.41, 5.74) is 0. The number of rotatable bonds is 2. The molecule has 1 saturated carbocycles. The van der Waals surface area contributed by atoms with Gasteiger partial charge >= 0.3 is 0 Å². The molecule has 0 spiro atoms. The smallest absolute Gasteiger partial charge is 0.184 e. The van der Waals surface area contributed by atoms with Gasteiger partial charge in [0.15, 0.2) is 15.6 Å². The quantitative estimate of drug-likeness (QED) is 0.799. The molecule has 2 rings (SSSR count). The third-order valence-electron chi connectivity index (χ3n) is 2.56. The van der Waals surface area contributed by atoms with Gasteiger partial charge in [0.05, 0.1) is 11.4 Å². The Labute approximate surface area is 82.5 Å². The van der Waals surface area contributed by atoms with E-state index < -0.39 is 9.84 Å². The molecule has 0 bridgehead atoms. The zero-order valence-electron chi connectivity index (χ0n) is 7.55. The molecule has 0 radical (unpaired) electrons. The molecule has 1 heterocycles. The summed E-state index contributed by atoms with van der Waals surface area (Å²) in [7, 11) is -3.32. The Morgan fingerprint density at radius 2 is 2.14 bits per heavy atom. The summed E-state index contributed by atoms with van der Waals surface area (Å²) in [6.45, 7) is 0. The second-order valence-electron chi connectivity index (χ2n) is 3.44. The molecular weight excluding hydrogens is 202 g/mol. The van der Waals surface area contributed by atoms with Crippen LogP contribution in [0.3, 0.4) is 0 Å². The average Bonchev–Trinajstić information content (AvgIpc) is 2.00. The third-order valence-corrected chi connectivity index (χ3v) is 4.87. The van der Waals surface area contributed by atoms with Crippen LogP contribution in [0.25, 0.3) is 0 Å². The lowest BCUT2D eigenvalue weighted by Gasteiger charge is -2.25. The fraction of sp³-hybridized carbons (Fsp3) is 0.444. The van der Waals surface area contributed by atoms with E-state index in [0.29, 0.717) is 12.8 Å². The van der Waals surface area contributed by atoms with Crippen LogP contribution in [0, 0.1) is 0 Å². The van der Waals surface area contributed by atoms with Crippen molar-refractivity contribution in [1.82, 2.24) is 4.98 Å². The lowest BCUT2D eigenvalue weighted by Crippen LogP contribution is -2.28. The lowest BCUT2D eigenvalue weighted by molar-refractivity contribution is 0.446. The van der Waals surface area contributed by atoms with Gasteiger partial charge in [0.2, 0.25) is 0 Å². The van der Waals surface area contributed by atoms with Crippen molar-refractivity contribution in [2.45, 2.75) is 29.4 Å². The van der Waals surface area contributed by atoms with Crippen LogP contribution in [-0.2, 0) is 9.84 Å². The molecule has 5 heteroatoms. The van der Waals surface area contributed by atoms with E-state index in [1.54, 1.807) is 0 Å². The first-order valence-corrected chi connectivity index (χ1v) is 6.04. The Balaban J connectivity index is 2.43. The van der Waals surface area contributed by atoms with Gasteiger partial charge < -0.3 is 5.11 Å². The van der Waals surface area contributed by atoms with Gasteiger partial charge in [0.1, 0.15) is 4.90 Å². The topological polar surface area (TPSA) is 67.3 Å². The van der Waals surface area contributed by atoms with Gasteiger partial charge in [-0.1, -0.05) is 6.42 Å². The van der Waals surface area contributed by atoms with Crippen molar-refractivity contribution in [2.75, 3.05) is 0 Å². The summed E-state index contributed by atoms with van der Waals surface area (Å²) < 4.78 is 23.7. The molecule has 1 aliphatic carbocycles. The van der Waals surface area contributed by atoms with Crippen molar-refractivity contribution >= 4 is 9.84 Å². The molecule has 0 amide bonds. The number of pyridine rings is 1. The summed E-state index contributed by atoms with van der Waals surface area (Å²) in [5.74, 6) is -0.251. The first-order valence-electron chi connectivity index (χ1n) is 4.49. The summed E-state index contributed by atoms with van der Waals surface area (Å²) in [6, 6.07) is 1.35. The van der Waals surface area contributed by atoms with E-state index in [2.05, 4.69) is 4.98 Å². The lowest BCUT2D eigenvalue weighted by atomic mass is 10.00. The predicted molar refractivity (Wildman–Crippen MR) is 50.7 cm³/mol. The largest absolute Gasteiger partial charge is 0.505 e. The number of hydrogen-bond donors (Lipinski definition) is 1. The first kappa shape index (κ1) is 9.45. The van der Waals surface area contributed by atoms with E-state index in [0.717, 1.165) is 12.6 Å². The van der Waals surface area contributed by atoms with Crippen LogP contribution in [-0.4, -0.2) is 23.8 Å². The summed E-state index contributed by atoms with van der Waals surface area (Å²) in [6.07, 6.45) is 4.89. The highest BCUT2D eigenvalue weighted by molar-refractivity contribution is 7.92. The highest BCUT2D eigenvalue weighted by atomic mass is 32.2. The molecular formula is C9H11NO3S. The van der Waals surface area contributed by atoms with E-state index in [9.17, 15) is 13.5 Å². The molecule has 1 aromatic heterocycles. The minimum atomic E-state index is -3.32. The maximum atomic E-state index is 11.8. The van der Waals surface area contributed by atoms with Crippen molar-refractivity contribution in [1.29, 1.82) is 0 Å². The standard InChI is InChI=1S/C9H11NO3S/c11-8-6-10-5-4-9(8)14(12,13)7-2-1-3-7/h4-7,11H,1-3H2. The SMILES string of the molecule is O=S(=O)(c1ccncc1O)C1CCC1. The molecule has 0 atom stereocenters.